The monoisotopic (exact) mass is 484 g/mol. The number of piperazine rings is 1. The van der Waals surface area contributed by atoms with Gasteiger partial charge in [-0.1, -0.05) is 0 Å². The topological polar surface area (TPSA) is 87.5 Å². The number of ether oxygens (including phenoxy) is 1. The molecule has 2 atom stereocenters. The molecule has 2 aliphatic heterocycles. The lowest BCUT2D eigenvalue weighted by Crippen LogP contribution is -2.61. The number of pyridine rings is 1. The number of halogens is 3. The van der Waals surface area contributed by atoms with Gasteiger partial charge in [0, 0.05) is 43.3 Å². The van der Waals surface area contributed by atoms with Crippen molar-refractivity contribution in [1.29, 1.82) is 0 Å². The van der Waals surface area contributed by atoms with Crippen LogP contribution in [0.25, 0.3) is 17.2 Å². The highest BCUT2D eigenvalue weighted by Gasteiger charge is 2.41. The Balaban J connectivity index is 1.35. The first-order valence-corrected chi connectivity index (χ1v) is 11.4. The van der Waals surface area contributed by atoms with E-state index in [1.54, 1.807) is 6.20 Å². The minimum Gasteiger partial charge on any atom is -0.378 e. The number of imidazole rings is 1. The van der Waals surface area contributed by atoms with Gasteiger partial charge in [-0.15, -0.1) is 0 Å². The summed E-state index contributed by atoms with van der Waals surface area (Å²) in [5.74, 6) is 1.03. The molecule has 2 aliphatic rings. The van der Waals surface area contributed by atoms with Gasteiger partial charge in [0.25, 0.3) is 0 Å². The summed E-state index contributed by atoms with van der Waals surface area (Å²) in [6.07, 6.45) is 3.47. The Morgan fingerprint density at radius 2 is 1.94 bits per heavy atom. The summed E-state index contributed by atoms with van der Waals surface area (Å²) in [7, 11) is 0. The van der Waals surface area contributed by atoms with E-state index in [0.29, 0.717) is 42.2 Å². The zero-order valence-corrected chi connectivity index (χ0v) is 18.9. The number of nitrogens with zero attached hydrogens (tertiary/aromatic N) is 7. The highest BCUT2D eigenvalue weighted by molar-refractivity contribution is 5.59. The molecule has 0 amide bonds. The molecule has 12 heteroatoms. The van der Waals surface area contributed by atoms with Gasteiger partial charge in [0.1, 0.15) is 17.2 Å². The minimum absolute atomic E-state index is 0.0590. The predicted molar refractivity (Wildman–Crippen MR) is 121 cm³/mol. The van der Waals surface area contributed by atoms with Crippen LogP contribution in [-0.2, 0) is 10.9 Å². The SMILES string of the molecule is CC1C(c2cn[nH]c2)N(C2COC2)CCN1c1ccnc(-c2cnc3ccc(C(F)(F)F)cn23)n1. The summed E-state index contributed by atoms with van der Waals surface area (Å²) >= 11 is 0. The second-order valence-electron chi connectivity index (χ2n) is 8.87. The van der Waals surface area contributed by atoms with Crippen molar-refractivity contribution in [2.75, 3.05) is 31.2 Å². The van der Waals surface area contributed by atoms with Gasteiger partial charge in [0.2, 0.25) is 0 Å². The Bertz CT molecular complexity index is 1330. The normalized spacial score (nSPS) is 22.0. The van der Waals surface area contributed by atoms with Crippen LogP contribution < -0.4 is 4.90 Å². The van der Waals surface area contributed by atoms with Gasteiger partial charge < -0.3 is 9.64 Å². The summed E-state index contributed by atoms with van der Waals surface area (Å²) in [6.45, 7) is 5.14. The van der Waals surface area contributed by atoms with E-state index in [2.05, 4.69) is 36.9 Å². The van der Waals surface area contributed by atoms with Crippen molar-refractivity contribution in [2.24, 2.45) is 0 Å². The van der Waals surface area contributed by atoms with E-state index in [0.717, 1.165) is 30.9 Å². The molecule has 4 aromatic rings. The number of rotatable bonds is 4. The van der Waals surface area contributed by atoms with Gasteiger partial charge in [-0.3, -0.25) is 14.4 Å². The van der Waals surface area contributed by atoms with E-state index in [-0.39, 0.29) is 12.1 Å². The average Bonchev–Trinajstić information content (AvgIpc) is 3.47. The van der Waals surface area contributed by atoms with Crippen LogP contribution in [0.5, 0.6) is 0 Å². The molecular weight excluding hydrogens is 461 g/mol. The third kappa shape index (κ3) is 3.82. The molecule has 0 spiro atoms. The number of alkyl halides is 3. The fourth-order valence-electron chi connectivity index (χ4n) is 5.00. The molecule has 1 N–H and O–H groups in total. The summed E-state index contributed by atoms with van der Waals surface area (Å²) in [5, 5.41) is 7.07. The van der Waals surface area contributed by atoms with E-state index in [4.69, 9.17) is 9.72 Å². The molecule has 2 unspecified atom stereocenters. The molecule has 0 bridgehead atoms. The molecule has 2 fully saturated rings. The van der Waals surface area contributed by atoms with Crippen molar-refractivity contribution in [1.82, 2.24) is 34.4 Å². The molecule has 0 radical (unpaired) electrons. The number of aromatic amines is 1. The number of aromatic nitrogens is 6. The smallest absolute Gasteiger partial charge is 0.378 e. The van der Waals surface area contributed by atoms with Crippen molar-refractivity contribution in [3.05, 3.63) is 60.3 Å². The van der Waals surface area contributed by atoms with Crippen LogP contribution in [0.2, 0.25) is 0 Å². The van der Waals surface area contributed by atoms with Crippen molar-refractivity contribution in [2.45, 2.75) is 31.2 Å². The fourth-order valence-corrected chi connectivity index (χ4v) is 5.00. The first kappa shape index (κ1) is 22.0. The standard InChI is InChI=1S/C23H23F3N8O/c1-14-21(15-8-29-30-9-15)33(17-12-35-13-17)7-6-32(14)20-4-5-27-22(31-20)18-10-28-19-3-2-16(11-34(18)19)23(24,25)26/h2-5,8-11,14,17,21H,6-7,12-13H2,1H3,(H,29,30). The number of hydrogen-bond acceptors (Lipinski definition) is 7. The van der Waals surface area contributed by atoms with Crippen molar-refractivity contribution in [3.63, 3.8) is 0 Å². The van der Waals surface area contributed by atoms with E-state index in [1.807, 2.05) is 18.5 Å². The van der Waals surface area contributed by atoms with Crippen molar-refractivity contribution in [3.8, 4) is 11.5 Å². The number of nitrogens with one attached hydrogen (secondary N) is 1. The Kier molecular flexibility index (Phi) is 5.22. The molecule has 182 valence electrons. The minimum atomic E-state index is -4.46. The quantitative estimate of drug-likeness (QED) is 0.476. The molecule has 4 aromatic heterocycles. The van der Waals surface area contributed by atoms with Gasteiger partial charge in [0.05, 0.1) is 43.3 Å². The van der Waals surface area contributed by atoms with E-state index < -0.39 is 11.7 Å². The number of hydrogen-bond donors (Lipinski definition) is 1. The number of H-pyrrole nitrogens is 1. The summed E-state index contributed by atoms with van der Waals surface area (Å²) < 4.78 is 46.7. The van der Waals surface area contributed by atoms with Gasteiger partial charge in [-0.05, 0) is 25.1 Å². The van der Waals surface area contributed by atoms with E-state index >= 15 is 0 Å². The average molecular weight is 484 g/mol. The largest absolute Gasteiger partial charge is 0.417 e. The van der Waals surface area contributed by atoms with Crippen LogP contribution in [0.3, 0.4) is 0 Å². The van der Waals surface area contributed by atoms with Crippen LogP contribution in [-0.4, -0.2) is 72.8 Å². The number of fused-ring (bicyclic) bond motifs is 1. The van der Waals surface area contributed by atoms with Crippen LogP contribution in [0.1, 0.15) is 24.1 Å². The second-order valence-corrected chi connectivity index (χ2v) is 8.87. The molecular formula is C23H23F3N8O. The molecule has 6 heterocycles. The zero-order valence-electron chi connectivity index (χ0n) is 18.9. The maximum atomic E-state index is 13.3. The molecule has 0 aliphatic carbocycles. The second kappa shape index (κ2) is 8.31. The molecule has 0 aromatic carbocycles. The fraction of sp³-hybridized carbons (Fsp3) is 0.391. The molecule has 35 heavy (non-hydrogen) atoms. The third-order valence-corrected chi connectivity index (χ3v) is 6.85. The van der Waals surface area contributed by atoms with Crippen LogP contribution in [0.4, 0.5) is 19.0 Å². The summed E-state index contributed by atoms with van der Waals surface area (Å²) in [5.41, 5.74) is 1.13. The predicted octanol–water partition coefficient (Wildman–Crippen LogP) is 3.18. The third-order valence-electron chi connectivity index (χ3n) is 6.85. The van der Waals surface area contributed by atoms with Crippen LogP contribution >= 0.6 is 0 Å². The van der Waals surface area contributed by atoms with Gasteiger partial charge in [-0.25, -0.2) is 15.0 Å². The van der Waals surface area contributed by atoms with E-state index in [1.165, 1.54) is 16.7 Å². The number of anilines is 1. The summed E-state index contributed by atoms with van der Waals surface area (Å²) in [6, 6.07) is 4.70. The lowest BCUT2D eigenvalue weighted by atomic mass is 9.95. The lowest BCUT2D eigenvalue weighted by molar-refractivity contribution is -0.137. The Labute approximate surface area is 198 Å². The molecule has 2 saturated heterocycles. The lowest BCUT2D eigenvalue weighted by Gasteiger charge is -2.51. The Morgan fingerprint density at radius 1 is 1.09 bits per heavy atom. The highest BCUT2D eigenvalue weighted by atomic mass is 19.4. The van der Waals surface area contributed by atoms with Crippen LogP contribution in [0, 0.1) is 0 Å². The first-order valence-electron chi connectivity index (χ1n) is 11.4. The molecule has 9 nitrogen and oxygen atoms in total. The van der Waals surface area contributed by atoms with Crippen molar-refractivity contribution < 1.29 is 17.9 Å². The maximum absolute atomic E-state index is 13.3. The Hall–Kier alpha value is -3.51. The van der Waals surface area contributed by atoms with Gasteiger partial charge >= 0.3 is 6.18 Å². The highest BCUT2D eigenvalue weighted by Crippen LogP contribution is 2.36. The van der Waals surface area contributed by atoms with E-state index in [9.17, 15) is 13.2 Å². The molecule has 0 saturated carbocycles. The van der Waals surface area contributed by atoms with Crippen LogP contribution in [0.15, 0.2) is 49.2 Å². The zero-order chi connectivity index (χ0) is 24.2. The van der Waals surface area contributed by atoms with Gasteiger partial charge in [-0.2, -0.15) is 18.3 Å². The van der Waals surface area contributed by atoms with Gasteiger partial charge in [0.15, 0.2) is 5.82 Å². The summed E-state index contributed by atoms with van der Waals surface area (Å²) in [4.78, 5) is 18.0. The maximum Gasteiger partial charge on any atom is 0.417 e. The first-order chi connectivity index (χ1) is 16.9. The van der Waals surface area contributed by atoms with Crippen molar-refractivity contribution >= 4 is 11.5 Å². The molecule has 6 rings (SSSR count). The Morgan fingerprint density at radius 3 is 2.66 bits per heavy atom.